The zero-order chi connectivity index (χ0) is 21.6. The van der Waals surface area contributed by atoms with Crippen molar-refractivity contribution in [2.45, 2.75) is 32.6 Å². The molecule has 0 saturated carbocycles. The number of benzene rings is 3. The summed E-state index contributed by atoms with van der Waals surface area (Å²) in [6, 6.07) is 23.9. The first-order valence-electron chi connectivity index (χ1n) is 10.3. The number of rotatable bonds is 6. The number of sulfone groups is 2. The molecule has 4 nitrogen and oxygen atoms in total. The molecule has 0 N–H and O–H groups in total. The van der Waals surface area contributed by atoms with Crippen LogP contribution >= 0.6 is 0 Å². The van der Waals surface area contributed by atoms with E-state index in [9.17, 15) is 16.8 Å². The molecular formula is C25H22O4S2. The van der Waals surface area contributed by atoms with Crippen LogP contribution in [0.15, 0.2) is 107 Å². The second-order valence-electron chi connectivity index (χ2n) is 8.11. The van der Waals surface area contributed by atoms with Crippen LogP contribution in [0.25, 0.3) is 0 Å². The van der Waals surface area contributed by atoms with E-state index in [1.807, 2.05) is 12.1 Å². The normalized spacial score (nSPS) is 22.0. The maximum absolute atomic E-state index is 13.6. The van der Waals surface area contributed by atoms with Crippen LogP contribution in [-0.2, 0) is 19.7 Å². The first kappa shape index (κ1) is 20.2. The fourth-order valence-corrected chi connectivity index (χ4v) is 9.63. The molecule has 3 aromatic rings. The molecular weight excluding hydrogens is 428 g/mol. The Kier molecular flexibility index (Phi) is 4.87. The SMILES string of the molecule is O=S(=O)(c1ccccc1)C(CC1C2C=CC1c1ccccc12)S(=O)(=O)c1ccccc1. The van der Waals surface area contributed by atoms with Gasteiger partial charge in [-0.3, -0.25) is 0 Å². The number of allylic oxidation sites excluding steroid dienone is 2. The summed E-state index contributed by atoms with van der Waals surface area (Å²) in [5, 5.41) is 0. The number of fused-ring (bicyclic) bond motifs is 5. The summed E-state index contributed by atoms with van der Waals surface area (Å²) in [7, 11) is -8.23. The Labute approximate surface area is 183 Å². The molecule has 2 aliphatic carbocycles. The van der Waals surface area contributed by atoms with Gasteiger partial charge in [0.25, 0.3) is 0 Å². The Hall–Kier alpha value is -2.70. The molecule has 0 aliphatic heterocycles. The Balaban J connectivity index is 1.60. The van der Waals surface area contributed by atoms with Gasteiger partial charge in [-0.25, -0.2) is 16.8 Å². The Morgan fingerprint density at radius 1 is 0.581 bits per heavy atom. The lowest BCUT2D eigenvalue weighted by Gasteiger charge is -2.24. The summed E-state index contributed by atoms with van der Waals surface area (Å²) in [4.78, 5) is 0.0747. The van der Waals surface area contributed by atoms with Crippen molar-refractivity contribution in [3.05, 3.63) is 108 Å². The Bertz CT molecular complexity index is 1240. The fraction of sp³-hybridized carbons (Fsp3) is 0.200. The van der Waals surface area contributed by atoms with Crippen molar-refractivity contribution in [1.82, 2.24) is 0 Å². The second kappa shape index (κ2) is 7.46. The van der Waals surface area contributed by atoms with Gasteiger partial charge in [-0.1, -0.05) is 72.8 Å². The maximum atomic E-state index is 13.6. The van der Waals surface area contributed by atoms with Gasteiger partial charge in [-0.2, -0.15) is 0 Å². The maximum Gasteiger partial charge on any atom is 0.195 e. The van der Waals surface area contributed by atoms with Gasteiger partial charge in [0.2, 0.25) is 0 Å². The van der Waals surface area contributed by atoms with Crippen molar-refractivity contribution in [2.24, 2.45) is 5.92 Å². The van der Waals surface area contributed by atoms with E-state index >= 15 is 0 Å². The summed E-state index contributed by atoms with van der Waals surface area (Å²) in [6.07, 6.45) is 4.24. The summed E-state index contributed by atoms with van der Waals surface area (Å²) in [5.41, 5.74) is 2.35. The van der Waals surface area contributed by atoms with Crippen LogP contribution in [0, 0.1) is 5.92 Å². The number of hydrogen-bond donors (Lipinski definition) is 0. The lowest BCUT2D eigenvalue weighted by molar-refractivity contribution is 0.464. The minimum absolute atomic E-state index is 0.0373. The average molecular weight is 451 g/mol. The zero-order valence-electron chi connectivity index (χ0n) is 16.7. The average Bonchev–Trinajstić information content (AvgIpc) is 3.34. The van der Waals surface area contributed by atoms with E-state index in [1.165, 1.54) is 35.4 Å². The molecule has 0 aromatic heterocycles. The topological polar surface area (TPSA) is 68.3 Å². The molecule has 0 fully saturated rings. The molecule has 0 radical (unpaired) electrons. The summed E-state index contributed by atoms with van der Waals surface area (Å²) in [5.74, 6) is -0.0133. The van der Waals surface area contributed by atoms with Crippen LogP contribution in [0.1, 0.15) is 29.4 Å². The molecule has 2 aliphatic rings. The lowest BCUT2D eigenvalue weighted by atomic mass is 9.91. The van der Waals surface area contributed by atoms with Crippen LogP contribution in [-0.4, -0.2) is 21.4 Å². The van der Waals surface area contributed by atoms with E-state index in [4.69, 9.17) is 0 Å². The molecule has 0 amide bonds. The van der Waals surface area contributed by atoms with Crippen molar-refractivity contribution in [3.63, 3.8) is 0 Å². The smallest absolute Gasteiger partial charge is 0.195 e. The highest BCUT2D eigenvalue weighted by molar-refractivity contribution is 8.09. The molecule has 3 aromatic carbocycles. The monoisotopic (exact) mass is 450 g/mol. The minimum Gasteiger partial charge on any atom is -0.222 e. The summed E-state index contributed by atoms with van der Waals surface area (Å²) >= 11 is 0. The fourth-order valence-electron chi connectivity index (χ4n) is 4.99. The molecule has 158 valence electrons. The van der Waals surface area contributed by atoms with E-state index in [1.54, 1.807) is 36.4 Å². The van der Waals surface area contributed by atoms with Gasteiger partial charge in [-0.15, -0.1) is 0 Å². The zero-order valence-corrected chi connectivity index (χ0v) is 18.3. The van der Waals surface area contributed by atoms with Crippen molar-refractivity contribution in [3.8, 4) is 0 Å². The predicted molar refractivity (Wildman–Crippen MR) is 120 cm³/mol. The van der Waals surface area contributed by atoms with Gasteiger partial charge >= 0.3 is 0 Å². The van der Waals surface area contributed by atoms with E-state index in [2.05, 4.69) is 24.3 Å². The molecule has 2 bridgehead atoms. The lowest BCUT2D eigenvalue weighted by Crippen LogP contribution is -2.33. The van der Waals surface area contributed by atoms with Gasteiger partial charge in [0, 0.05) is 11.8 Å². The van der Waals surface area contributed by atoms with Crippen molar-refractivity contribution in [2.75, 3.05) is 0 Å². The summed E-state index contributed by atoms with van der Waals surface area (Å²) < 4.78 is 53.0. The second-order valence-corrected chi connectivity index (χ2v) is 12.7. The number of hydrogen-bond acceptors (Lipinski definition) is 4. The minimum atomic E-state index is -4.12. The van der Waals surface area contributed by atoms with Crippen molar-refractivity contribution >= 4 is 19.7 Å². The van der Waals surface area contributed by atoms with Crippen LogP contribution in [0.4, 0.5) is 0 Å². The molecule has 5 rings (SSSR count). The van der Waals surface area contributed by atoms with Crippen molar-refractivity contribution in [1.29, 1.82) is 0 Å². The first-order valence-corrected chi connectivity index (χ1v) is 13.3. The third-order valence-corrected chi connectivity index (χ3v) is 11.6. The molecule has 0 heterocycles. The highest BCUT2D eigenvalue weighted by Crippen LogP contribution is 2.55. The van der Waals surface area contributed by atoms with Crippen LogP contribution in [0.5, 0.6) is 0 Å². The van der Waals surface area contributed by atoms with Gasteiger partial charge in [0.05, 0.1) is 9.79 Å². The van der Waals surface area contributed by atoms with Gasteiger partial charge < -0.3 is 0 Å². The van der Waals surface area contributed by atoms with E-state index in [-0.39, 0.29) is 34.0 Å². The van der Waals surface area contributed by atoms with Crippen LogP contribution < -0.4 is 0 Å². The quantitative estimate of drug-likeness (QED) is 0.510. The Morgan fingerprint density at radius 2 is 0.968 bits per heavy atom. The first-order chi connectivity index (χ1) is 14.9. The highest BCUT2D eigenvalue weighted by Gasteiger charge is 2.48. The van der Waals surface area contributed by atoms with Gasteiger partial charge in [0.1, 0.15) is 0 Å². The Morgan fingerprint density at radius 3 is 1.39 bits per heavy atom. The van der Waals surface area contributed by atoms with Crippen LogP contribution in [0.3, 0.4) is 0 Å². The van der Waals surface area contributed by atoms with Gasteiger partial charge in [-0.05, 0) is 47.7 Å². The molecule has 2 unspecified atom stereocenters. The van der Waals surface area contributed by atoms with Crippen molar-refractivity contribution < 1.29 is 16.8 Å². The molecule has 0 saturated heterocycles. The van der Waals surface area contributed by atoms with E-state index in [0.29, 0.717) is 0 Å². The standard InChI is InChI=1S/C25H22O4S2/c26-30(27,18-9-3-1-4-10-18)25(31(28,29)19-11-5-2-6-12-19)17-24-22-15-16-23(24)21-14-8-7-13-20(21)22/h1-16,22-25H,17H2. The van der Waals surface area contributed by atoms with E-state index in [0.717, 1.165) is 0 Å². The molecule has 2 atom stereocenters. The predicted octanol–water partition coefficient (Wildman–Crippen LogP) is 4.72. The van der Waals surface area contributed by atoms with Gasteiger partial charge in [0.15, 0.2) is 24.3 Å². The third kappa shape index (κ3) is 3.25. The molecule has 0 spiro atoms. The van der Waals surface area contributed by atoms with E-state index < -0.39 is 24.3 Å². The van der Waals surface area contributed by atoms with Crippen LogP contribution in [0.2, 0.25) is 0 Å². The summed E-state index contributed by atoms with van der Waals surface area (Å²) in [6.45, 7) is 0. The molecule has 31 heavy (non-hydrogen) atoms. The largest absolute Gasteiger partial charge is 0.222 e. The highest BCUT2D eigenvalue weighted by atomic mass is 32.3. The third-order valence-electron chi connectivity index (χ3n) is 6.46. The molecule has 6 heteroatoms.